The highest BCUT2D eigenvalue weighted by Gasteiger charge is 2.44. The Bertz CT molecular complexity index is 298. The minimum absolute atomic E-state index is 0.00856. The molecule has 1 fully saturated rings. The average molecular weight is 251 g/mol. The number of hydrogen-bond donors (Lipinski definition) is 2. The standard InChI is InChI=1S/C16H29NO/c1-15(2)8-10-16(12-17,11-9-15)14(18)13-6-4-3-5-7-13/h3-4,13-14,18H,5-12,17H2,1-2H3. The Kier molecular flexibility index (Phi) is 4.18. The molecule has 18 heavy (non-hydrogen) atoms. The summed E-state index contributed by atoms with van der Waals surface area (Å²) in [6.07, 6.45) is 12.1. The first-order valence-corrected chi connectivity index (χ1v) is 7.52. The van der Waals surface area contributed by atoms with Crippen molar-refractivity contribution in [1.29, 1.82) is 0 Å². The van der Waals surface area contributed by atoms with Crippen molar-refractivity contribution in [3.8, 4) is 0 Å². The molecule has 0 spiro atoms. The van der Waals surface area contributed by atoms with Gasteiger partial charge >= 0.3 is 0 Å². The average Bonchev–Trinajstić information content (AvgIpc) is 2.40. The van der Waals surface area contributed by atoms with Gasteiger partial charge in [-0.25, -0.2) is 0 Å². The van der Waals surface area contributed by atoms with Crippen LogP contribution < -0.4 is 5.73 Å². The first-order chi connectivity index (χ1) is 8.49. The molecule has 0 aromatic carbocycles. The number of hydrogen-bond acceptors (Lipinski definition) is 2. The Labute approximate surface area is 112 Å². The molecule has 2 atom stereocenters. The molecule has 0 amide bonds. The van der Waals surface area contributed by atoms with Crippen LogP contribution in [0.4, 0.5) is 0 Å². The lowest BCUT2D eigenvalue weighted by molar-refractivity contribution is -0.0563. The van der Waals surface area contributed by atoms with Gasteiger partial charge in [-0.05, 0) is 56.3 Å². The van der Waals surface area contributed by atoms with Crippen LogP contribution in [0.15, 0.2) is 12.2 Å². The summed E-state index contributed by atoms with van der Waals surface area (Å²) in [5, 5.41) is 10.8. The van der Waals surface area contributed by atoms with Crippen molar-refractivity contribution in [1.82, 2.24) is 0 Å². The molecular formula is C16H29NO. The van der Waals surface area contributed by atoms with Gasteiger partial charge in [-0.3, -0.25) is 0 Å². The van der Waals surface area contributed by atoms with Crippen LogP contribution in [0.2, 0.25) is 0 Å². The van der Waals surface area contributed by atoms with Gasteiger partial charge in [-0.15, -0.1) is 0 Å². The summed E-state index contributed by atoms with van der Waals surface area (Å²) in [4.78, 5) is 0. The van der Waals surface area contributed by atoms with Crippen LogP contribution in [0.25, 0.3) is 0 Å². The summed E-state index contributed by atoms with van der Waals surface area (Å²) < 4.78 is 0. The van der Waals surface area contributed by atoms with Crippen molar-refractivity contribution in [2.45, 2.75) is 64.9 Å². The maximum Gasteiger partial charge on any atom is 0.0639 e. The Morgan fingerprint density at radius 1 is 1.22 bits per heavy atom. The second-order valence-electron chi connectivity index (χ2n) is 7.22. The molecule has 0 heterocycles. The van der Waals surface area contributed by atoms with E-state index in [0.717, 1.165) is 32.1 Å². The first-order valence-electron chi connectivity index (χ1n) is 7.52. The molecule has 0 aliphatic heterocycles. The lowest BCUT2D eigenvalue weighted by Gasteiger charge is -2.48. The minimum atomic E-state index is -0.205. The van der Waals surface area contributed by atoms with Gasteiger partial charge in [0, 0.05) is 12.0 Å². The van der Waals surface area contributed by atoms with Gasteiger partial charge in [0.2, 0.25) is 0 Å². The second-order valence-corrected chi connectivity index (χ2v) is 7.22. The van der Waals surface area contributed by atoms with E-state index in [9.17, 15) is 5.11 Å². The largest absolute Gasteiger partial charge is 0.392 e. The molecule has 0 aromatic rings. The van der Waals surface area contributed by atoms with E-state index in [0.29, 0.717) is 17.9 Å². The fourth-order valence-electron chi connectivity index (χ4n) is 3.65. The van der Waals surface area contributed by atoms with Gasteiger partial charge in [0.25, 0.3) is 0 Å². The SMILES string of the molecule is CC1(C)CCC(CN)(C(O)C2CC=CCC2)CC1. The molecule has 2 heteroatoms. The van der Waals surface area contributed by atoms with E-state index in [2.05, 4.69) is 26.0 Å². The van der Waals surface area contributed by atoms with Crippen molar-refractivity contribution in [3.63, 3.8) is 0 Å². The van der Waals surface area contributed by atoms with Crippen molar-refractivity contribution >= 4 is 0 Å². The van der Waals surface area contributed by atoms with Crippen LogP contribution in [0.5, 0.6) is 0 Å². The number of aliphatic hydroxyl groups excluding tert-OH is 1. The first kappa shape index (κ1) is 14.1. The topological polar surface area (TPSA) is 46.2 Å². The summed E-state index contributed by atoms with van der Waals surface area (Å²) in [7, 11) is 0. The molecule has 1 saturated carbocycles. The number of nitrogens with two attached hydrogens (primary N) is 1. The van der Waals surface area contributed by atoms with E-state index >= 15 is 0 Å². The molecule has 0 aromatic heterocycles. The molecule has 2 nitrogen and oxygen atoms in total. The van der Waals surface area contributed by atoms with Crippen LogP contribution in [0.1, 0.15) is 58.8 Å². The van der Waals surface area contributed by atoms with E-state index in [1.165, 1.54) is 12.8 Å². The molecule has 2 aliphatic carbocycles. The molecule has 2 rings (SSSR count). The smallest absolute Gasteiger partial charge is 0.0639 e. The van der Waals surface area contributed by atoms with Crippen LogP contribution in [-0.2, 0) is 0 Å². The van der Waals surface area contributed by atoms with Crippen molar-refractivity contribution in [2.24, 2.45) is 22.5 Å². The highest BCUT2D eigenvalue weighted by Crippen LogP contribution is 2.48. The fourth-order valence-corrected chi connectivity index (χ4v) is 3.65. The Morgan fingerprint density at radius 2 is 1.89 bits per heavy atom. The molecular weight excluding hydrogens is 222 g/mol. The second kappa shape index (κ2) is 5.34. The third kappa shape index (κ3) is 2.80. The lowest BCUT2D eigenvalue weighted by Crippen LogP contribution is -2.49. The van der Waals surface area contributed by atoms with Crippen LogP contribution in [-0.4, -0.2) is 17.8 Å². The zero-order valence-corrected chi connectivity index (χ0v) is 12.0. The predicted molar refractivity (Wildman–Crippen MR) is 76.2 cm³/mol. The molecule has 3 N–H and O–H groups in total. The third-order valence-electron chi connectivity index (χ3n) is 5.39. The lowest BCUT2D eigenvalue weighted by atomic mass is 9.60. The van der Waals surface area contributed by atoms with Crippen LogP contribution in [0, 0.1) is 16.7 Å². The highest BCUT2D eigenvalue weighted by molar-refractivity contribution is 5.00. The van der Waals surface area contributed by atoms with E-state index in [4.69, 9.17) is 5.73 Å². The van der Waals surface area contributed by atoms with Gasteiger partial charge < -0.3 is 10.8 Å². The van der Waals surface area contributed by atoms with Gasteiger partial charge in [0.1, 0.15) is 0 Å². The van der Waals surface area contributed by atoms with Crippen LogP contribution in [0.3, 0.4) is 0 Å². The van der Waals surface area contributed by atoms with Crippen molar-refractivity contribution in [3.05, 3.63) is 12.2 Å². The molecule has 0 radical (unpaired) electrons. The van der Waals surface area contributed by atoms with Crippen molar-refractivity contribution in [2.75, 3.05) is 6.54 Å². The van der Waals surface area contributed by atoms with Gasteiger partial charge in [0.15, 0.2) is 0 Å². The zero-order chi connectivity index (χ0) is 13.2. The van der Waals surface area contributed by atoms with E-state index in [1.807, 2.05) is 0 Å². The monoisotopic (exact) mass is 251 g/mol. The van der Waals surface area contributed by atoms with E-state index in [-0.39, 0.29) is 11.5 Å². The summed E-state index contributed by atoms with van der Waals surface area (Å²) in [5.74, 6) is 0.430. The normalized spacial score (nSPS) is 32.1. The molecule has 2 aliphatic rings. The number of rotatable bonds is 3. The van der Waals surface area contributed by atoms with Crippen LogP contribution >= 0.6 is 0 Å². The predicted octanol–water partition coefficient (Wildman–Crippen LogP) is 3.25. The summed E-state index contributed by atoms with van der Waals surface area (Å²) in [6, 6.07) is 0. The highest BCUT2D eigenvalue weighted by atomic mass is 16.3. The van der Waals surface area contributed by atoms with E-state index in [1.54, 1.807) is 0 Å². The summed E-state index contributed by atoms with van der Waals surface area (Å²) in [5.41, 5.74) is 6.48. The maximum absolute atomic E-state index is 10.8. The van der Waals surface area contributed by atoms with Crippen molar-refractivity contribution < 1.29 is 5.11 Å². The maximum atomic E-state index is 10.8. The van der Waals surface area contributed by atoms with E-state index < -0.39 is 0 Å². The molecule has 2 unspecified atom stereocenters. The quantitative estimate of drug-likeness (QED) is 0.756. The zero-order valence-electron chi connectivity index (χ0n) is 12.0. The number of allylic oxidation sites excluding steroid dienone is 2. The van der Waals surface area contributed by atoms with Gasteiger partial charge in [-0.2, -0.15) is 0 Å². The molecule has 104 valence electrons. The Balaban J connectivity index is 2.05. The van der Waals surface area contributed by atoms with Gasteiger partial charge in [0.05, 0.1) is 6.10 Å². The Hall–Kier alpha value is -0.340. The Morgan fingerprint density at radius 3 is 2.39 bits per heavy atom. The fraction of sp³-hybridized carbons (Fsp3) is 0.875. The number of aliphatic hydroxyl groups is 1. The summed E-state index contributed by atoms with van der Waals surface area (Å²) >= 11 is 0. The summed E-state index contributed by atoms with van der Waals surface area (Å²) in [6.45, 7) is 5.32. The van der Waals surface area contributed by atoms with Gasteiger partial charge in [-0.1, -0.05) is 26.0 Å². The minimum Gasteiger partial charge on any atom is -0.392 e. The molecule has 0 saturated heterocycles. The third-order valence-corrected chi connectivity index (χ3v) is 5.39. The molecule has 0 bridgehead atoms.